The number of nitrogens with zero attached hydrogens (tertiary/aromatic N) is 2. The van der Waals surface area contributed by atoms with Gasteiger partial charge in [0.25, 0.3) is 5.91 Å². The first-order chi connectivity index (χ1) is 15.1. The minimum Gasteiger partial charge on any atom is -0.371 e. The number of nitrogens with one attached hydrogen (secondary N) is 1. The maximum Gasteiger partial charge on any atom is 0.259 e. The number of carbonyl (C=O) groups is 3. The van der Waals surface area contributed by atoms with Crippen LogP contribution in [0, 0.1) is 0 Å². The number of amides is 3. The molecule has 0 bridgehead atoms. The quantitative estimate of drug-likeness (QED) is 0.746. The van der Waals surface area contributed by atoms with E-state index in [1.54, 1.807) is 4.90 Å². The Balaban J connectivity index is 1.37. The van der Waals surface area contributed by atoms with E-state index in [-0.39, 0.29) is 18.2 Å². The highest BCUT2D eigenvalue weighted by Crippen LogP contribution is 2.44. The lowest BCUT2D eigenvalue weighted by Gasteiger charge is -2.39. The third-order valence-electron chi connectivity index (χ3n) is 6.91. The predicted molar refractivity (Wildman–Crippen MR) is 113 cm³/mol. The van der Waals surface area contributed by atoms with Gasteiger partial charge in [0.15, 0.2) is 5.79 Å². The summed E-state index contributed by atoms with van der Waals surface area (Å²) in [6.45, 7) is 2.92. The average molecular weight is 421 g/mol. The van der Waals surface area contributed by atoms with Gasteiger partial charge in [0.05, 0.1) is 18.9 Å². The number of anilines is 2. The van der Waals surface area contributed by atoms with Crippen molar-refractivity contribution in [1.82, 2.24) is 5.32 Å². The second-order valence-corrected chi connectivity index (χ2v) is 8.57. The summed E-state index contributed by atoms with van der Waals surface area (Å²) in [6, 6.07) is 9.04. The highest BCUT2D eigenvalue weighted by Gasteiger charge is 2.42. The van der Waals surface area contributed by atoms with E-state index < -0.39 is 17.7 Å². The summed E-state index contributed by atoms with van der Waals surface area (Å²) in [6.07, 6.45) is 2.17. The van der Waals surface area contributed by atoms with E-state index in [1.165, 1.54) is 0 Å². The van der Waals surface area contributed by atoms with Gasteiger partial charge in [-0.05, 0) is 24.6 Å². The van der Waals surface area contributed by atoms with Crippen LogP contribution in [0.4, 0.5) is 11.4 Å². The molecule has 4 aliphatic rings. The van der Waals surface area contributed by atoms with Crippen molar-refractivity contribution in [1.29, 1.82) is 0 Å². The molecule has 4 aliphatic heterocycles. The number of imide groups is 1. The molecule has 3 amide bonds. The fourth-order valence-corrected chi connectivity index (χ4v) is 5.38. The minimum atomic E-state index is -0.668. The molecule has 0 aromatic heterocycles. The van der Waals surface area contributed by atoms with Crippen molar-refractivity contribution in [3.63, 3.8) is 0 Å². The molecule has 8 nitrogen and oxygen atoms in total. The van der Waals surface area contributed by atoms with Crippen LogP contribution in [0.3, 0.4) is 0 Å². The van der Waals surface area contributed by atoms with Gasteiger partial charge in [0.2, 0.25) is 11.8 Å². The zero-order chi connectivity index (χ0) is 21.2. The van der Waals surface area contributed by atoms with Crippen LogP contribution in [0.5, 0.6) is 0 Å². The highest BCUT2D eigenvalue weighted by atomic mass is 16.7. The fourth-order valence-electron chi connectivity index (χ4n) is 5.38. The Bertz CT molecular complexity index is 1110. The van der Waals surface area contributed by atoms with Crippen molar-refractivity contribution in [2.45, 2.75) is 37.5 Å². The second-order valence-electron chi connectivity index (χ2n) is 8.57. The molecule has 3 fully saturated rings. The summed E-state index contributed by atoms with van der Waals surface area (Å²) in [5, 5.41) is 4.25. The van der Waals surface area contributed by atoms with Gasteiger partial charge in [0, 0.05) is 54.4 Å². The van der Waals surface area contributed by atoms with Crippen molar-refractivity contribution in [3.8, 4) is 0 Å². The molecule has 0 saturated carbocycles. The van der Waals surface area contributed by atoms with Crippen LogP contribution in [0.15, 0.2) is 30.3 Å². The van der Waals surface area contributed by atoms with Gasteiger partial charge in [-0.1, -0.05) is 12.1 Å². The van der Waals surface area contributed by atoms with Gasteiger partial charge in [-0.3, -0.25) is 24.6 Å². The number of piperidine rings is 2. The van der Waals surface area contributed by atoms with E-state index in [1.807, 2.05) is 30.3 Å². The van der Waals surface area contributed by atoms with Crippen LogP contribution in [0.2, 0.25) is 0 Å². The lowest BCUT2D eigenvalue weighted by molar-refractivity contribution is -0.169. The second kappa shape index (κ2) is 6.77. The SMILES string of the molecule is O=C1CCC(N2C(=O)c3cccc4c(N5CCC6(CC5)OCCO6)ccc2c34)C(=O)N1. The van der Waals surface area contributed by atoms with Gasteiger partial charge in [0.1, 0.15) is 6.04 Å². The maximum absolute atomic E-state index is 13.3. The Morgan fingerprint density at radius 3 is 2.45 bits per heavy atom. The summed E-state index contributed by atoms with van der Waals surface area (Å²) < 4.78 is 11.7. The van der Waals surface area contributed by atoms with Crippen molar-refractivity contribution >= 4 is 39.9 Å². The molecular formula is C23H23N3O5. The van der Waals surface area contributed by atoms with Crippen LogP contribution >= 0.6 is 0 Å². The Labute approximate surface area is 179 Å². The Hall–Kier alpha value is -2.97. The van der Waals surface area contributed by atoms with E-state index in [9.17, 15) is 14.4 Å². The third kappa shape index (κ3) is 2.78. The standard InChI is InChI=1S/C23H23N3O5/c27-19-7-6-18(21(28)24-19)26-17-5-4-16(14-2-1-3-15(20(14)17)22(26)29)25-10-8-23(9-11-25)30-12-13-31-23/h1-5,18H,6-13H2,(H,24,27,28). The normalized spacial score (nSPS) is 25.0. The van der Waals surface area contributed by atoms with Gasteiger partial charge in [-0.15, -0.1) is 0 Å². The summed E-state index contributed by atoms with van der Waals surface area (Å²) in [5.41, 5.74) is 2.42. The van der Waals surface area contributed by atoms with E-state index in [4.69, 9.17) is 9.47 Å². The van der Waals surface area contributed by atoms with E-state index >= 15 is 0 Å². The fraction of sp³-hybridized carbons (Fsp3) is 0.435. The van der Waals surface area contributed by atoms with E-state index in [0.717, 1.165) is 48.1 Å². The molecular weight excluding hydrogens is 398 g/mol. The predicted octanol–water partition coefficient (Wildman–Crippen LogP) is 1.95. The summed E-state index contributed by atoms with van der Waals surface area (Å²) >= 11 is 0. The topological polar surface area (TPSA) is 88.2 Å². The Kier molecular flexibility index (Phi) is 4.10. The first kappa shape index (κ1) is 18.8. The summed E-state index contributed by atoms with van der Waals surface area (Å²) in [4.78, 5) is 41.2. The van der Waals surface area contributed by atoms with Crippen molar-refractivity contribution in [3.05, 3.63) is 35.9 Å². The molecule has 2 aromatic carbocycles. The molecule has 1 spiro atoms. The minimum absolute atomic E-state index is 0.183. The molecule has 2 aromatic rings. The molecule has 3 saturated heterocycles. The molecule has 4 heterocycles. The molecule has 0 aliphatic carbocycles. The van der Waals surface area contributed by atoms with Crippen LogP contribution < -0.4 is 15.1 Å². The Morgan fingerprint density at radius 1 is 0.968 bits per heavy atom. The first-order valence-corrected chi connectivity index (χ1v) is 10.8. The zero-order valence-corrected chi connectivity index (χ0v) is 17.1. The van der Waals surface area contributed by atoms with Gasteiger partial charge < -0.3 is 14.4 Å². The van der Waals surface area contributed by atoms with Crippen molar-refractivity contribution in [2.75, 3.05) is 36.1 Å². The van der Waals surface area contributed by atoms with Gasteiger partial charge in [-0.2, -0.15) is 0 Å². The number of hydrogen-bond acceptors (Lipinski definition) is 6. The number of benzene rings is 2. The largest absolute Gasteiger partial charge is 0.371 e. The van der Waals surface area contributed by atoms with Crippen LogP contribution in [-0.4, -0.2) is 55.9 Å². The first-order valence-electron chi connectivity index (χ1n) is 10.8. The van der Waals surface area contributed by atoms with Crippen molar-refractivity contribution in [2.24, 2.45) is 0 Å². The number of ether oxygens (including phenoxy) is 2. The molecule has 1 N–H and O–H groups in total. The molecule has 0 radical (unpaired) electrons. The molecule has 160 valence electrons. The highest BCUT2D eigenvalue weighted by molar-refractivity contribution is 6.28. The molecule has 31 heavy (non-hydrogen) atoms. The van der Waals surface area contributed by atoms with Crippen LogP contribution in [0.25, 0.3) is 10.8 Å². The monoisotopic (exact) mass is 421 g/mol. The number of hydrogen-bond donors (Lipinski definition) is 1. The summed E-state index contributed by atoms with van der Waals surface area (Å²) in [5.74, 6) is -1.32. The molecule has 1 unspecified atom stereocenters. The maximum atomic E-state index is 13.3. The van der Waals surface area contributed by atoms with Crippen LogP contribution in [0.1, 0.15) is 36.0 Å². The van der Waals surface area contributed by atoms with Gasteiger partial charge in [-0.25, -0.2) is 0 Å². The molecule has 1 atom stereocenters. The molecule has 8 heteroatoms. The van der Waals surface area contributed by atoms with E-state index in [0.29, 0.717) is 25.2 Å². The van der Waals surface area contributed by atoms with E-state index in [2.05, 4.69) is 10.2 Å². The number of carbonyl (C=O) groups excluding carboxylic acids is 3. The lowest BCUT2D eigenvalue weighted by atomic mass is 9.99. The number of rotatable bonds is 2. The zero-order valence-electron chi connectivity index (χ0n) is 17.1. The van der Waals surface area contributed by atoms with Crippen molar-refractivity contribution < 1.29 is 23.9 Å². The smallest absolute Gasteiger partial charge is 0.259 e. The Morgan fingerprint density at radius 2 is 1.71 bits per heavy atom. The van der Waals surface area contributed by atoms with Gasteiger partial charge >= 0.3 is 0 Å². The van der Waals surface area contributed by atoms with Crippen LogP contribution in [-0.2, 0) is 19.1 Å². The molecule has 6 rings (SSSR count). The lowest BCUT2D eigenvalue weighted by Crippen LogP contribution is -2.53. The summed E-state index contributed by atoms with van der Waals surface area (Å²) in [7, 11) is 0. The average Bonchev–Trinajstić information content (AvgIpc) is 3.34. The third-order valence-corrected chi connectivity index (χ3v) is 6.91.